The van der Waals surface area contributed by atoms with E-state index in [4.69, 9.17) is 0 Å². The van der Waals surface area contributed by atoms with Gasteiger partial charge in [-0.2, -0.15) is 0 Å². The topological polar surface area (TPSA) is 58.2 Å². The molecule has 0 radical (unpaired) electrons. The fourth-order valence-corrected chi connectivity index (χ4v) is 3.59. The Hall–Kier alpha value is -1.07. The number of aryl methyl sites for hydroxylation is 2. The lowest BCUT2D eigenvalue weighted by Crippen LogP contribution is -2.31. The first-order valence-corrected chi connectivity index (χ1v) is 7.07. The first kappa shape index (κ1) is 14.0. The minimum atomic E-state index is -3.42. The van der Waals surface area contributed by atoms with Crippen molar-refractivity contribution >= 4 is 15.7 Å². The van der Waals surface area contributed by atoms with Crippen LogP contribution in [0.2, 0.25) is 0 Å². The average molecular weight is 256 g/mol. The summed E-state index contributed by atoms with van der Waals surface area (Å²) in [5.74, 6) is 0. The third kappa shape index (κ3) is 3.20. The average Bonchev–Trinajstić information content (AvgIpc) is 2.13. The van der Waals surface area contributed by atoms with Gasteiger partial charge in [-0.05, 0) is 51.0 Å². The molecule has 0 amide bonds. The zero-order valence-corrected chi connectivity index (χ0v) is 11.8. The first-order chi connectivity index (χ1) is 7.77. The molecule has 2 N–H and O–H groups in total. The Morgan fingerprint density at radius 2 is 1.59 bits per heavy atom. The van der Waals surface area contributed by atoms with Gasteiger partial charge in [0, 0.05) is 18.8 Å². The predicted molar refractivity (Wildman–Crippen MR) is 70.9 cm³/mol. The van der Waals surface area contributed by atoms with E-state index in [1.807, 2.05) is 46.9 Å². The van der Waals surface area contributed by atoms with Gasteiger partial charge in [0.2, 0.25) is 10.0 Å². The van der Waals surface area contributed by atoms with E-state index in [1.165, 1.54) is 0 Å². The summed E-state index contributed by atoms with van der Waals surface area (Å²) in [6.07, 6.45) is 0. The maximum atomic E-state index is 12.2. The summed E-state index contributed by atoms with van der Waals surface area (Å²) in [7, 11) is -1.61. The van der Waals surface area contributed by atoms with Crippen LogP contribution in [-0.4, -0.2) is 21.5 Å². The van der Waals surface area contributed by atoms with E-state index in [0.29, 0.717) is 4.90 Å². The summed E-state index contributed by atoms with van der Waals surface area (Å²) in [6.45, 7) is 7.24. The van der Waals surface area contributed by atoms with Crippen molar-refractivity contribution in [3.8, 4) is 0 Å². The minimum Gasteiger partial charge on any atom is -0.388 e. The summed E-state index contributed by atoms with van der Waals surface area (Å²) in [5, 5.41) is 3.01. The molecule has 4 nitrogen and oxygen atoms in total. The van der Waals surface area contributed by atoms with Gasteiger partial charge >= 0.3 is 0 Å². The van der Waals surface area contributed by atoms with Crippen LogP contribution in [0.15, 0.2) is 17.0 Å². The van der Waals surface area contributed by atoms with E-state index in [1.54, 1.807) is 0 Å². The molecular formula is C12H20N2O2S. The van der Waals surface area contributed by atoms with Crippen LogP contribution in [0.3, 0.4) is 0 Å². The highest BCUT2D eigenvalue weighted by Crippen LogP contribution is 2.24. The molecule has 0 saturated carbocycles. The van der Waals surface area contributed by atoms with Crippen molar-refractivity contribution in [3.05, 3.63) is 23.3 Å². The second-order valence-electron chi connectivity index (χ2n) is 4.47. The number of rotatable bonds is 4. The highest BCUT2D eigenvalue weighted by atomic mass is 32.2. The number of hydrogen-bond donors (Lipinski definition) is 2. The number of nitrogens with one attached hydrogen (secondary N) is 2. The van der Waals surface area contributed by atoms with E-state index in [9.17, 15) is 8.42 Å². The molecule has 0 saturated heterocycles. The second-order valence-corrected chi connectivity index (χ2v) is 6.12. The van der Waals surface area contributed by atoms with E-state index in [0.717, 1.165) is 16.8 Å². The van der Waals surface area contributed by atoms with Gasteiger partial charge in [0.25, 0.3) is 0 Å². The van der Waals surface area contributed by atoms with Crippen LogP contribution in [0, 0.1) is 13.8 Å². The van der Waals surface area contributed by atoms with Crippen molar-refractivity contribution in [2.24, 2.45) is 0 Å². The number of benzene rings is 1. The maximum Gasteiger partial charge on any atom is 0.241 e. The lowest BCUT2D eigenvalue weighted by atomic mass is 10.1. The summed E-state index contributed by atoms with van der Waals surface area (Å²) in [4.78, 5) is 0.380. The van der Waals surface area contributed by atoms with Crippen LogP contribution in [0.1, 0.15) is 25.0 Å². The third-order valence-corrected chi connectivity index (χ3v) is 4.37. The molecule has 1 aromatic carbocycles. The molecule has 0 spiro atoms. The van der Waals surface area contributed by atoms with Gasteiger partial charge in [-0.25, -0.2) is 13.1 Å². The third-order valence-electron chi connectivity index (χ3n) is 2.41. The fraction of sp³-hybridized carbons (Fsp3) is 0.500. The zero-order chi connectivity index (χ0) is 13.2. The quantitative estimate of drug-likeness (QED) is 0.866. The predicted octanol–water partition coefficient (Wildman–Crippen LogP) is 2.03. The molecule has 0 aliphatic carbocycles. The Bertz CT molecular complexity index is 484. The lowest BCUT2D eigenvalue weighted by Gasteiger charge is -2.15. The van der Waals surface area contributed by atoms with Crippen molar-refractivity contribution < 1.29 is 8.42 Å². The SMILES string of the molecule is CNc1cc(C)c(S(=O)(=O)NC(C)C)c(C)c1. The van der Waals surface area contributed by atoms with Crippen molar-refractivity contribution in [2.75, 3.05) is 12.4 Å². The minimum absolute atomic E-state index is 0.109. The highest BCUT2D eigenvalue weighted by molar-refractivity contribution is 7.89. The smallest absolute Gasteiger partial charge is 0.241 e. The number of sulfonamides is 1. The summed E-state index contributed by atoms with van der Waals surface area (Å²) < 4.78 is 26.9. The Labute approximate surface area is 103 Å². The second kappa shape index (κ2) is 5.06. The zero-order valence-electron chi connectivity index (χ0n) is 11.0. The molecule has 17 heavy (non-hydrogen) atoms. The van der Waals surface area contributed by atoms with Gasteiger partial charge in [0.05, 0.1) is 4.90 Å². The summed E-state index contributed by atoms with van der Waals surface area (Å²) in [6, 6.07) is 3.56. The van der Waals surface area contributed by atoms with Crippen molar-refractivity contribution in [1.82, 2.24) is 4.72 Å². The van der Waals surface area contributed by atoms with Crippen molar-refractivity contribution in [2.45, 2.75) is 38.6 Å². The molecule has 0 unspecified atom stereocenters. The monoisotopic (exact) mass is 256 g/mol. The summed E-state index contributed by atoms with van der Waals surface area (Å²) in [5.41, 5.74) is 2.42. The molecule has 1 rings (SSSR count). The summed E-state index contributed by atoms with van der Waals surface area (Å²) >= 11 is 0. The fourth-order valence-electron chi connectivity index (χ4n) is 1.89. The Balaban J connectivity index is 3.32. The van der Waals surface area contributed by atoms with Crippen LogP contribution < -0.4 is 10.0 Å². The number of anilines is 1. The van der Waals surface area contributed by atoms with Crippen LogP contribution >= 0.6 is 0 Å². The van der Waals surface area contributed by atoms with Crippen molar-refractivity contribution in [1.29, 1.82) is 0 Å². The first-order valence-electron chi connectivity index (χ1n) is 5.59. The van der Waals surface area contributed by atoms with Gasteiger partial charge in [-0.1, -0.05) is 0 Å². The van der Waals surface area contributed by atoms with Gasteiger partial charge in [0.1, 0.15) is 0 Å². The van der Waals surface area contributed by atoms with E-state index >= 15 is 0 Å². The van der Waals surface area contributed by atoms with Crippen LogP contribution in [-0.2, 0) is 10.0 Å². The molecule has 0 heterocycles. The Morgan fingerprint density at radius 1 is 1.12 bits per heavy atom. The van der Waals surface area contributed by atoms with E-state index < -0.39 is 10.0 Å². The normalized spacial score (nSPS) is 11.9. The highest BCUT2D eigenvalue weighted by Gasteiger charge is 2.20. The molecule has 0 aromatic heterocycles. The van der Waals surface area contributed by atoms with Crippen molar-refractivity contribution in [3.63, 3.8) is 0 Å². The largest absolute Gasteiger partial charge is 0.388 e. The Morgan fingerprint density at radius 3 is 1.94 bits per heavy atom. The number of hydrogen-bond acceptors (Lipinski definition) is 3. The standard InChI is InChI=1S/C12H20N2O2S/c1-8(2)14-17(15,16)12-9(3)6-11(13-5)7-10(12)4/h6-8,13-14H,1-5H3. The molecule has 0 fully saturated rings. The van der Waals surface area contributed by atoms with Crippen LogP contribution in [0.5, 0.6) is 0 Å². The van der Waals surface area contributed by atoms with Crippen LogP contribution in [0.25, 0.3) is 0 Å². The van der Waals surface area contributed by atoms with Gasteiger partial charge in [-0.15, -0.1) is 0 Å². The molecular weight excluding hydrogens is 236 g/mol. The molecule has 96 valence electrons. The van der Waals surface area contributed by atoms with Crippen LogP contribution in [0.4, 0.5) is 5.69 Å². The molecule has 0 aliphatic rings. The van der Waals surface area contributed by atoms with E-state index in [2.05, 4.69) is 10.0 Å². The molecule has 0 atom stereocenters. The Kier molecular flexibility index (Phi) is 4.16. The van der Waals surface area contributed by atoms with Gasteiger partial charge in [-0.3, -0.25) is 0 Å². The van der Waals surface area contributed by atoms with Gasteiger partial charge in [0.15, 0.2) is 0 Å². The van der Waals surface area contributed by atoms with E-state index in [-0.39, 0.29) is 6.04 Å². The molecule has 0 aliphatic heterocycles. The maximum absolute atomic E-state index is 12.2. The molecule has 1 aromatic rings. The molecule has 5 heteroatoms. The van der Waals surface area contributed by atoms with Gasteiger partial charge < -0.3 is 5.32 Å². The lowest BCUT2D eigenvalue weighted by molar-refractivity contribution is 0.568. The molecule has 0 bridgehead atoms.